The fourth-order valence-electron chi connectivity index (χ4n) is 3.18. The molecule has 1 aliphatic heterocycles. The van der Waals surface area contributed by atoms with E-state index in [1.54, 1.807) is 0 Å². The lowest BCUT2D eigenvalue weighted by atomic mass is 10.0. The number of carbonyl (C=O) groups is 1. The molecule has 1 heterocycles. The first-order valence-electron chi connectivity index (χ1n) is 8.11. The molecule has 3 rings (SSSR count). The van der Waals surface area contributed by atoms with Gasteiger partial charge in [0.15, 0.2) is 0 Å². The Labute approximate surface area is 127 Å². The van der Waals surface area contributed by atoms with E-state index in [-0.39, 0.29) is 11.7 Å². The predicted molar refractivity (Wildman–Crippen MR) is 84.9 cm³/mol. The van der Waals surface area contributed by atoms with Gasteiger partial charge in [-0.1, -0.05) is 52.0 Å². The van der Waals surface area contributed by atoms with Crippen molar-refractivity contribution in [1.29, 1.82) is 0 Å². The quantitative estimate of drug-likeness (QED) is 0.919. The Kier molecular flexibility index (Phi) is 3.56. The van der Waals surface area contributed by atoms with Crippen molar-refractivity contribution in [3.63, 3.8) is 0 Å². The van der Waals surface area contributed by atoms with Crippen LogP contribution in [0.2, 0.25) is 0 Å². The number of hydrogen-bond acceptors (Lipinski definition) is 2. The molecule has 2 fully saturated rings. The summed E-state index contributed by atoms with van der Waals surface area (Å²) >= 11 is 0. The zero-order chi connectivity index (χ0) is 15.2. The number of carbonyl (C=O) groups excluding carboxylic acids is 1. The van der Waals surface area contributed by atoms with Gasteiger partial charge >= 0.3 is 0 Å². The van der Waals surface area contributed by atoms with Gasteiger partial charge in [-0.3, -0.25) is 10.1 Å². The normalized spacial score (nSPS) is 23.6. The van der Waals surface area contributed by atoms with E-state index in [1.807, 2.05) is 4.90 Å². The van der Waals surface area contributed by atoms with Crippen LogP contribution in [0.5, 0.6) is 0 Å². The van der Waals surface area contributed by atoms with Gasteiger partial charge in [-0.15, -0.1) is 0 Å². The summed E-state index contributed by atoms with van der Waals surface area (Å²) in [6.45, 7) is 9.57. The highest BCUT2D eigenvalue weighted by molar-refractivity contribution is 5.92. The number of benzene rings is 1. The van der Waals surface area contributed by atoms with E-state index in [4.69, 9.17) is 0 Å². The van der Waals surface area contributed by atoms with E-state index in [1.165, 1.54) is 11.1 Å². The minimum atomic E-state index is -0.240. The van der Waals surface area contributed by atoms with E-state index < -0.39 is 0 Å². The van der Waals surface area contributed by atoms with E-state index in [2.05, 4.69) is 57.3 Å². The maximum absolute atomic E-state index is 12.6. The highest BCUT2D eigenvalue weighted by Gasteiger charge is 2.59. The third-order valence-electron chi connectivity index (χ3n) is 4.63. The van der Waals surface area contributed by atoms with Crippen LogP contribution in [0.1, 0.15) is 63.7 Å². The lowest BCUT2D eigenvalue weighted by Crippen LogP contribution is -2.34. The molecular formula is C18H26N2O. The topological polar surface area (TPSA) is 32.3 Å². The highest BCUT2D eigenvalue weighted by atomic mass is 16.2. The standard InChI is InChI=1S/C18H26N2O/c1-12(2)11-20-16(19-18(9-10-18)17(20)21)15-7-5-14(6-8-15)13(3)4/h5-8,12-13,16,19H,9-11H2,1-4H3. The molecule has 0 radical (unpaired) electrons. The Bertz CT molecular complexity index is 529. The number of nitrogens with zero attached hydrogens (tertiary/aromatic N) is 1. The van der Waals surface area contributed by atoms with Gasteiger partial charge in [0, 0.05) is 6.54 Å². The van der Waals surface area contributed by atoms with Crippen molar-refractivity contribution in [2.75, 3.05) is 6.54 Å². The van der Waals surface area contributed by atoms with Gasteiger partial charge in [0.05, 0.1) is 0 Å². The van der Waals surface area contributed by atoms with Crippen LogP contribution in [0.3, 0.4) is 0 Å². The Morgan fingerprint density at radius 3 is 2.29 bits per heavy atom. The van der Waals surface area contributed by atoms with Gasteiger partial charge in [0.2, 0.25) is 5.91 Å². The highest BCUT2D eigenvalue weighted by Crippen LogP contribution is 2.46. The minimum absolute atomic E-state index is 0.0450. The van der Waals surface area contributed by atoms with E-state index in [0.29, 0.717) is 17.7 Å². The van der Waals surface area contributed by atoms with Crippen molar-refractivity contribution in [2.24, 2.45) is 5.92 Å². The Morgan fingerprint density at radius 2 is 1.81 bits per heavy atom. The van der Waals surface area contributed by atoms with Crippen LogP contribution >= 0.6 is 0 Å². The molecule has 2 aliphatic rings. The van der Waals surface area contributed by atoms with Gasteiger partial charge < -0.3 is 4.90 Å². The fraction of sp³-hybridized carbons (Fsp3) is 0.611. The van der Waals surface area contributed by atoms with Crippen molar-refractivity contribution < 1.29 is 4.79 Å². The summed E-state index contributed by atoms with van der Waals surface area (Å²) in [4.78, 5) is 14.7. The van der Waals surface area contributed by atoms with E-state index >= 15 is 0 Å². The maximum Gasteiger partial charge on any atom is 0.244 e. The maximum atomic E-state index is 12.6. The summed E-state index contributed by atoms with van der Waals surface area (Å²) in [6, 6.07) is 8.74. The minimum Gasteiger partial charge on any atom is -0.321 e. The first kappa shape index (κ1) is 14.6. The second kappa shape index (κ2) is 5.13. The molecule has 3 nitrogen and oxygen atoms in total. The smallest absolute Gasteiger partial charge is 0.244 e. The van der Waals surface area contributed by atoms with Crippen molar-refractivity contribution in [1.82, 2.24) is 10.2 Å². The average Bonchev–Trinajstić information content (AvgIpc) is 3.17. The first-order valence-corrected chi connectivity index (χ1v) is 8.11. The lowest BCUT2D eigenvalue weighted by Gasteiger charge is -2.26. The molecule has 3 heteroatoms. The van der Waals surface area contributed by atoms with Crippen LogP contribution in [-0.2, 0) is 4.79 Å². The van der Waals surface area contributed by atoms with Crippen LogP contribution in [0, 0.1) is 5.92 Å². The third kappa shape index (κ3) is 2.59. The predicted octanol–water partition coefficient (Wildman–Crippen LogP) is 3.43. The number of hydrogen-bond donors (Lipinski definition) is 1. The Balaban J connectivity index is 1.86. The summed E-state index contributed by atoms with van der Waals surface area (Å²) in [5, 5.41) is 3.59. The molecule has 1 saturated heterocycles. The lowest BCUT2D eigenvalue weighted by molar-refractivity contribution is -0.131. The van der Waals surface area contributed by atoms with Gasteiger partial charge in [-0.05, 0) is 35.8 Å². The summed E-state index contributed by atoms with van der Waals surface area (Å²) < 4.78 is 0. The van der Waals surface area contributed by atoms with Crippen LogP contribution in [-0.4, -0.2) is 22.9 Å². The van der Waals surface area contributed by atoms with Crippen LogP contribution in [0.25, 0.3) is 0 Å². The zero-order valence-corrected chi connectivity index (χ0v) is 13.5. The fourth-order valence-corrected chi connectivity index (χ4v) is 3.18. The molecule has 114 valence electrons. The van der Waals surface area contributed by atoms with Gasteiger partial charge in [0.25, 0.3) is 0 Å². The number of nitrogens with one attached hydrogen (secondary N) is 1. The number of rotatable bonds is 4. The van der Waals surface area contributed by atoms with Crippen molar-refractivity contribution in [3.05, 3.63) is 35.4 Å². The molecule has 1 aromatic carbocycles. The van der Waals surface area contributed by atoms with Gasteiger partial charge in [0.1, 0.15) is 11.7 Å². The molecule has 21 heavy (non-hydrogen) atoms. The Hall–Kier alpha value is -1.35. The second-order valence-electron chi connectivity index (χ2n) is 7.30. The molecule has 0 aromatic heterocycles. The monoisotopic (exact) mass is 286 g/mol. The molecule has 1 atom stereocenters. The first-order chi connectivity index (χ1) is 9.93. The molecule has 1 aliphatic carbocycles. The van der Waals surface area contributed by atoms with Crippen LogP contribution in [0.4, 0.5) is 0 Å². The van der Waals surface area contributed by atoms with Crippen molar-refractivity contribution in [3.8, 4) is 0 Å². The largest absolute Gasteiger partial charge is 0.321 e. The molecule has 1 saturated carbocycles. The average molecular weight is 286 g/mol. The molecule has 0 bridgehead atoms. The van der Waals surface area contributed by atoms with Gasteiger partial charge in [-0.25, -0.2) is 0 Å². The van der Waals surface area contributed by atoms with Crippen LogP contribution in [0.15, 0.2) is 24.3 Å². The van der Waals surface area contributed by atoms with E-state index in [0.717, 1.165) is 19.4 Å². The zero-order valence-electron chi connectivity index (χ0n) is 13.5. The van der Waals surface area contributed by atoms with Gasteiger partial charge in [-0.2, -0.15) is 0 Å². The van der Waals surface area contributed by atoms with Crippen LogP contribution < -0.4 is 5.32 Å². The molecule has 1 aromatic rings. The second-order valence-corrected chi connectivity index (χ2v) is 7.30. The van der Waals surface area contributed by atoms with E-state index in [9.17, 15) is 4.79 Å². The molecule has 1 amide bonds. The van der Waals surface area contributed by atoms with Crippen molar-refractivity contribution in [2.45, 2.75) is 58.2 Å². The summed E-state index contributed by atoms with van der Waals surface area (Å²) in [5.74, 6) is 1.33. The number of amides is 1. The summed E-state index contributed by atoms with van der Waals surface area (Å²) in [6.07, 6.45) is 2.02. The van der Waals surface area contributed by atoms with Crippen molar-refractivity contribution >= 4 is 5.91 Å². The molecule has 1 N–H and O–H groups in total. The SMILES string of the molecule is CC(C)CN1C(=O)C2(CC2)NC1c1ccc(C(C)C)cc1. The Morgan fingerprint density at radius 1 is 1.19 bits per heavy atom. The third-order valence-corrected chi connectivity index (χ3v) is 4.63. The molecular weight excluding hydrogens is 260 g/mol. The molecule has 1 unspecified atom stereocenters. The summed E-state index contributed by atoms with van der Waals surface area (Å²) in [5.41, 5.74) is 2.31. The summed E-state index contributed by atoms with van der Waals surface area (Å²) in [7, 11) is 0. The molecule has 1 spiro atoms.